The van der Waals surface area contributed by atoms with Crippen LogP contribution in [0.15, 0.2) is 0 Å². The average molecular weight is 224 g/mol. The van der Waals surface area contributed by atoms with E-state index in [9.17, 15) is 0 Å². The summed E-state index contributed by atoms with van der Waals surface area (Å²) >= 11 is 0. The van der Waals surface area contributed by atoms with Gasteiger partial charge in [0.1, 0.15) is 0 Å². The largest absolute Gasteiger partial charge is 0.327 e. The van der Waals surface area contributed by atoms with Gasteiger partial charge in [-0.2, -0.15) is 0 Å². The summed E-state index contributed by atoms with van der Waals surface area (Å²) in [5.41, 5.74) is 6.64. The van der Waals surface area contributed by atoms with E-state index in [4.69, 9.17) is 5.73 Å². The lowest BCUT2D eigenvalue weighted by Crippen LogP contribution is -2.45. The minimum Gasteiger partial charge on any atom is -0.327 e. The third-order valence-electron chi connectivity index (χ3n) is 4.52. The van der Waals surface area contributed by atoms with E-state index < -0.39 is 0 Å². The monoisotopic (exact) mass is 224 g/mol. The van der Waals surface area contributed by atoms with Crippen molar-refractivity contribution in [3.8, 4) is 0 Å². The summed E-state index contributed by atoms with van der Waals surface area (Å²) in [4.78, 5) is 2.61. The minimum absolute atomic E-state index is 0.439. The molecular weight excluding hydrogens is 196 g/mol. The molecule has 2 rings (SSSR count). The fourth-order valence-electron chi connectivity index (χ4n) is 3.26. The highest BCUT2D eigenvalue weighted by atomic mass is 15.1. The molecule has 0 spiro atoms. The van der Waals surface area contributed by atoms with Crippen LogP contribution < -0.4 is 5.73 Å². The summed E-state index contributed by atoms with van der Waals surface area (Å²) < 4.78 is 0. The van der Waals surface area contributed by atoms with Gasteiger partial charge in [0.15, 0.2) is 0 Å². The van der Waals surface area contributed by atoms with Crippen LogP contribution in [0.3, 0.4) is 0 Å². The van der Waals surface area contributed by atoms with Crippen LogP contribution in [0.25, 0.3) is 0 Å². The summed E-state index contributed by atoms with van der Waals surface area (Å²) in [5, 5.41) is 0. The molecule has 1 saturated carbocycles. The van der Waals surface area contributed by atoms with Crippen LogP contribution in [0.1, 0.15) is 52.4 Å². The summed E-state index contributed by atoms with van der Waals surface area (Å²) in [5.74, 6) is 0.943. The normalized spacial score (nSPS) is 32.8. The first-order valence-electron chi connectivity index (χ1n) is 7.03. The van der Waals surface area contributed by atoms with Gasteiger partial charge in [-0.3, -0.25) is 0 Å². The highest BCUT2D eigenvalue weighted by molar-refractivity contribution is 4.82. The molecule has 0 aromatic heterocycles. The molecule has 0 bridgehead atoms. The molecule has 2 nitrogen and oxygen atoms in total. The van der Waals surface area contributed by atoms with Crippen LogP contribution in [-0.2, 0) is 0 Å². The van der Waals surface area contributed by atoms with Crippen molar-refractivity contribution in [3.05, 3.63) is 0 Å². The summed E-state index contributed by atoms with van der Waals surface area (Å²) in [7, 11) is 0. The highest BCUT2D eigenvalue weighted by Crippen LogP contribution is 2.38. The predicted molar refractivity (Wildman–Crippen MR) is 69.4 cm³/mol. The molecule has 2 fully saturated rings. The van der Waals surface area contributed by atoms with E-state index in [0.717, 1.165) is 12.5 Å². The quantitative estimate of drug-likeness (QED) is 0.781. The first kappa shape index (κ1) is 12.4. The van der Waals surface area contributed by atoms with Crippen molar-refractivity contribution in [2.45, 2.75) is 58.4 Å². The van der Waals surface area contributed by atoms with E-state index in [2.05, 4.69) is 18.7 Å². The second-order valence-corrected chi connectivity index (χ2v) is 6.77. The van der Waals surface area contributed by atoms with E-state index in [1.165, 1.54) is 51.6 Å². The standard InChI is InChI=1S/C14H28N2/c1-14(2)7-5-12(6-8-14)10-16-9-3-4-13(15)11-16/h12-13H,3-11,15H2,1-2H3/t13-/m1/s1. The first-order valence-corrected chi connectivity index (χ1v) is 7.03. The van der Waals surface area contributed by atoms with Crippen LogP contribution >= 0.6 is 0 Å². The van der Waals surface area contributed by atoms with Gasteiger partial charge in [-0.25, -0.2) is 0 Å². The van der Waals surface area contributed by atoms with Crippen LogP contribution in [0.4, 0.5) is 0 Å². The number of nitrogens with two attached hydrogens (primary N) is 1. The molecule has 0 aromatic carbocycles. The highest BCUT2D eigenvalue weighted by Gasteiger charge is 2.28. The number of likely N-dealkylation sites (tertiary alicyclic amines) is 1. The Morgan fingerprint density at radius 2 is 1.88 bits per heavy atom. The topological polar surface area (TPSA) is 29.3 Å². The second kappa shape index (κ2) is 5.05. The van der Waals surface area contributed by atoms with Crippen LogP contribution in [0, 0.1) is 11.3 Å². The van der Waals surface area contributed by atoms with Crippen molar-refractivity contribution in [2.24, 2.45) is 17.1 Å². The number of piperidine rings is 1. The van der Waals surface area contributed by atoms with E-state index in [-0.39, 0.29) is 0 Å². The fourth-order valence-corrected chi connectivity index (χ4v) is 3.26. The van der Waals surface area contributed by atoms with Crippen molar-refractivity contribution in [1.82, 2.24) is 4.90 Å². The third kappa shape index (κ3) is 3.46. The molecule has 2 N–H and O–H groups in total. The van der Waals surface area contributed by atoms with Gasteiger partial charge in [0, 0.05) is 19.1 Å². The average Bonchev–Trinajstić information content (AvgIpc) is 2.21. The number of nitrogens with zero attached hydrogens (tertiary/aromatic N) is 1. The van der Waals surface area contributed by atoms with Crippen molar-refractivity contribution in [1.29, 1.82) is 0 Å². The van der Waals surface area contributed by atoms with Gasteiger partial charge in [-0.15, -0.1) is 0 Å². The SMILES string of the molecule is CC1(C)CCC(CN2CCC[C@@H](N)C2)CC1. The smallest absolute Gasteiger partial charge is 0.0168 e. The molecule has 0 radical (unpaired) electrons. The zero-order valence-corrected chi connectivity index (χ0v) is 11.0. The van der Waals surface area contributed by atoms with Gasteiger partial charge >= 0.3 is 0 Å². The molecule has 1 aliphatic carbocycles. The van der Waals surface area contributed by atoms with Crippen molar-refractivity contribution in [3.63, 3.8) is 0 Å². The molecule has 0 amide bonds. The molecule has 0 aromatic rings. The van der Waals surface area contributed by atoms with Crippen LogP contribution in [0.5, 0.6) is 0 Å². The molecule has 16 heavy (non-hydrogen) atoms. The van der Waals surface area contributed by atoms with E-state index in [0.29, 0.717) is 11.5 Å². The Kier molecular flexibility index (Phi) is 3.91. The van der Waals surface area contributed by atoms with E-state index in [1.807, 2.05) is 0 Å². The zero-order chi connectivity index (χ0) is 11.6. The first-order chi connectivity index (χ1) is 7.55. The Labute approximate surface area is 101 Å². The molecule has 1 saturated heterocycles. The van der Waals surface area contributed by atoms with Crippen LogP contribution in [-0.4, -0.2) is 30.6 Å². The lowest BCUT2D eigenvalue weighted by atomic mass is 9.73. The van der Waals surface area contributed by atoms with Gasteiger partial charge in [-0.05, 0) is 56.4 Å². The maximum Gasteiger partial charge on any atom is 0.0168 e. The Hall–Kier alpha value is -0.0800. The summed E-state index contributed by atoms with van der Waals surface area (Å²) in [6.45, 7) is 8.57. The Morgan fingerprint density at radius 1 is 1.19 bits per heavy atom. The molecule has 0 unspecified atom stereocenters. The Bertz CT molecular complexity index is 215. The van der Waals surface area contributed by atoms with Gasteiger partial charge in [-0.1, -0.05) is 13.8 Å². The lowest BCUT2D eigenvalue weighted by molar-refractivity contribution is 0.126. The Balaban J connectivity index is 1.74. The predicted octanol–water partition coefficient (Wildman–Crippen LogP) is 2.63. The Morgan fingerprint density at radius 3 is 2.50 bits per heavy atom. The van der Waals surface area contributed by atoms with Gasteiger partial charge < -0.3 is 10.6 Å². The minimum atomic E-state index is 0.439. The van der Waals surface area contributed by atoms with Crippen LogP contribution in [0.2, 0.25) is 0 Å². The van der Waals surface area contributed by atoms with E-state index >= 15 is 0 Å². The fraction of sp³-hybridized carbons (Fsp3) is 1.00. The molecule has 1 heterocycles. The van der Waals surface area contributed by atoms with Crippen molar-refractivity contribution >= 4 is 0 Å². The van der Waals surface area contributed by atoms with Crippen molar-refractivity contribution in [2.75, 3.05) is 19.6 Å². The van der Waals surface area contributed by atoms with Gasteiger partial charge in [0.05, 0.1) is 0 Å². The molecule has 94 valence electrons. The number of hydrogen-bond donors (Lipinski definition) is 1. The summed E-state index contributed by atoms with van der Waals surface area (Å²) in [6.07, 6.45) is 8.22. The summed E-state index contributed by atoms with van der Waals surface area (Å²) in [6, 6.07) is 0.439. The lowest BCUT2D eigenvalue weighted by Gasteiger charge is -2.38. The zero-order valence-electron chi connectivity index (χ0n) is 11.0. The third-order valence-corrected chi connectivity index (χ3v) is 4.52. The number of rotatable bonds is 2. The molecule has 1 atom stereocenters. The van der Waals surface area contributed by atoms with E-state index in [1.54, 1.807) is 0 Å². The second-order valence-electron chi connectivity index (χ2n) is 6.77. The molecule has 2 heteroatoms. The number of hydrogen-bond acceptors (Lipinski definition) is 2. The van der Waals surface area contributed by atoms with Crippen molar-refractivity contribution < 1.29 is 0 Å². The maximum atomic E-state index is 6.03. The molecule has 1 aliphatic heterocycles. The van der Waals surface area contributed by atoms with Gasteiger partial charge in [0.2, 0.25) is 0 Å². The van der Waals surface area contributed by atoms with Gasteiger partial charge in [0.25, 0.3) is 0 Å². The maximum absolute atomic E-state index is 6.03. The molecular formula is C14H28N2. The molecule has 2 aliphatic rings.